The summed E-state index contributed by atoms with van der Waals surface area (Å²) in [4.78, 5) is 15.9. The maximum atomic E-state index is 12.8. The average Bonchev–Trinajstić information content (AvgIpc) is 3.22. The fourth-order valence-electron chi connectivity index (χ4n) is 2.66. The predicted molar refractivity (Wildman–Crippen MR) is 107 cm³/mol. The van der Waals surface area contributed by atoms with Gasteiger partial charge < -0.3 is 14.0 Å². The third-order valence-electron chi connectivity index (χ3n) is 4.21. The van der Waals surface area contributed by atoms with Crippen molar-refractivity contribution in [3.8, 4) is 17.1 Å². The van der Waals surface area contributed by atoms with Crippen LogP contribution < -0.4 is 4.74 Å². The van der Waals surface area contributed by atoms with Crippen LogP contribution in [0.3, 0.4) is 0 Å². The number of hydrogen-bond donors (Lipinski definition) is 0. The third-order valence-corrected chi connectivity index (χ3v) is 6.01. The summed E-state index contributed by atoms with van der Waals surface area (Å²) >= 11 is 0. The summed E-state index contributed by atoms with van der Waals surface area (Å²) in [6.45, 7) is 2.33. The van der Waals surface area contributed by atoms with Crippen LogP contribution in [0, 0.1) is 0 Å². The van der Waals surface area contributed by atoms with Crippen molar-refractivity contribution in [2.24, 2.45) is 0 Å². The minimum absolute atomic E-state index is 0.0425. The highest BCUT2D eigenvalue weighted by molar-refractivity contribution is 7.89. The Morgan fingerprint density at radius 3 is 2.57 bits per heavy atom. The maximum Gasteiger partial charge on any atom is 0.337 e. The molecule has 1 aromatic heterocycles. The maximum absolute atomic E-state index is 12.8. The molecule has 0 bridgehead atoms. The van der Waals surface area contributed by atoms with Crippen molar-refractivity contribution >= 4 is 16.0 Å². The van der Waals surface area contributed by atoms with Crippen molar-refractivity contribution in [1.29, 1.82) is 0 Å². The summed E-state index contributed by atoms with van der Waals surface area (Å²) in [5, 5.41) is 3.91. The number of benzene rings is 2. The molecule has 1 heterocycles. The number of methoxy groups -OCH3 is 1. The zero-order valence-electron chi connectivity index (χ0n) is 16.7. The van der Waals surface area contributed by atoms with Gasteiger partial charge in [0.15, 0.2) is 0 Å². The Morgan fingerprint density at radius 1 is 1.17 bits per heavy atom. The Bertz CT molecular complexity index is 1130. The molecular formula is C20H21N3O6S. The molecule has 30 heavy (non-hydrogen) atoms. The number of carbonyl (C=O) groups excluding carboxylic acids is 1. The van der Waals surface area contributed by atoms with Crippen molar-refractivity contribution in [2.75, 3.05) is 20.8 Å². The molecule has 0 aliphatic heterocycles. The minimum atomic E-state index is -3.89. The molecule has 158 valence electrons. The molecule has 3 aromatic rings. The van der Waals surface area contributed by atoms with Crippen LogP contribution in [-0.2, 0) is 21.3 Å². The van der Waals surface area contributed by atoms with Crippen molar-refractivity contribution in [2.45, 2.75) is 18.4 Å². The number of hydrogen-bond acceptors (Lipinski definition) is 8. The van der Waals surface area contributed by atoms with Crippen LogP contribution in [0.2, 0.25) is 0 Å². The van der Waals surface area contributed by atoms with Crippen LogP contribution in [-0.4, -0.2) is 49.6 Å². The summed E-state index contributed by atoms with van der Waals surface area (Å²) in [6.07, 6.45) is 0. The largest absolute Gasteiger partial charge is 0.494 e. The molecule has 0 radical (unpaired) electrons. The standard InChI is InChI=1S/C20H21N3O6S/c1-4-28-16-10-8-14(9-11-16)19-21-18(29-22-19)13-23(2)30(25,26)17-7-5-6-15(12-17)20(24)27-3/h5-12H,4,13H2,1-3H3. The van der Waals surface area contributed by atoms with Gasteiger partial charge in [0.25, 0.3) is 0 Å². The number of esters is 1. The summed E-state index contributed by atoms with van der Waals surface area (Å²) < 4.78 is 42.0. The van der Waals surface area contributed by atoms with Crippen LogP contribution >= 0.6 is 0 Å². The fourth-order valence-corrected chi connectivity index (χ4v) is 3.83. The zero-order valence-corrected chi connectivity index (χ0v) is 17.5. The molecule has 0 N–H and O–H groups in total. The van der Waals surface area contributed by atoms with Gasteiger partial charge in [0.1, 0.15) is 5.75 Å². The van der Waals surface area contributed by atoms with Gasteiger partial charge in [-0.3, -0.25) is 0 Å². The summed E-state index contributed by atoms with van der Waals surface area (Å²) in [5.41, 5.74) is 0.854. The van der Waals surface area contributed by atoms with E-state index >= 15 is 0 Å². The van der Waals surface area contributed by atoms with E-state index in [1.54, 1.807) is 24.3 Å². The first-order valence-corrected chi connectivity index (χ1v) is 10.5. The number of carbonyl (C=O) groups is 1. The molecule has 0 aliphatic carbocycles. The zero-order chi connectivity index (χ0) is 21.7. The third kappa shape index (κ3) is 4.66. The van der Waals surface area contributed by atoms with Crippen LogP contribution in [0.5, 0.6) is 5.75 Å². The van der Waals surface area contributed by atoms with Crippen molar-refractivity contribution in [3.05, 3.63) is 60.0 Å². The molecule has 0 amide bonds. The Morgan fingerprint density at radius 2 is 1.90 bits per heavy atom. The van der Waals surface area contributed by atoms with Crippen molar-refractivity contribution < 1.29 is 27.2 Å². The topological polar surface area (TPSA) is 112 Å². The van der Waals surface area contributed by atoms with Gasteiger partial charge in [0, 0.05) is 12.6 Å². The van der Waals surface area contributed by atoms with E-state index in [4.69, 9.17) is 9.26 Å². The van der Waals surface area contributed by atoms with E-state index in [1.165, 1.54) is 38.4 Å². The van der Waals surface area contributed by atoms with Crippen molar-refractivity contribution in [3.63, 3.8) is 0 Å². The lowest BCUT2D eigenvalue weighted by atomic mass is 10.2. The van der Waals surface area contributed by atoms with Crippen molar-refractivity contribution in [1.82, 2.24) is 14.4 Å². The smallest absolute Gasteiger partial charge is 0.337 e. The van der Waals surface area contributed by atoms with Gasteiger partial charge in [-0.1, -0.05) is 11.2 Å². The Hall–Kier alpha value is -3.24. The lowest BCUT2D eigenvalue weighted by Crippen LogP contribution is -2.26. The van der Waals surface area contributed by atoms with E-state index in [2.05, 4.69) is 14.9 Å². The van der Waals surface area contributed by atoms with Gasteiger partial charge in [-0.15, -0.1) is 0 Å². The number of sulfonamides is 1. The summed E-state index contributed by atoms with van der Waals surface area (Å²) in [5.74, 6) is 0.581. The molecule has 2 aromatic carbocycles. The summed E-state index contributed by atoms with van der Waals surface area (Å²) in [6, 6.07) is 12.8. The van der Waals surface area contributed by atoms with Gasteiger partial charge in [0.05, 0.1) is 30.7 Å². The molecule has 0 spiro atoms. The highest BCUT2D eigenvalue weighted by atomic mass is 32.2. The number of aromatic nitrogens is 2. The first kappa shape index (κ1) is 21.5. The van der Waals surface area contributed by atoms with Crippen LogP contribution in [0.15, 0.2) is 57.9 Å². The minimum Gasteiger partial charge on any atom is -0.494 e. The second-order valence-corrected chi connectivity index (χ2v) is 8.29. The molecule has 3 rings (SSSR count). The van der Waals surface area contributed by atoms with E-state index in [0.717, 1.165) is 10.1 Å². The van der Waals surface area contributed by atoms with E-state index < -0.39 is 16.0 Å². The van der Waals surface area contributed by atoms with Crippen LogP contribution in [0.1, 0.15) is 23.2 Å². The molecule has 0 saturated heterocycles. The summed E-state index contributed by atoms with van der Waals surface area (Å²) in [7, 11) is -1.27. The number of rotatable bonds is 8. The highest BCUT2D eigenvalue weighted by Gasteiger charge is 2.24. The predicted octanol–water partition coefficient (Wildman–Crippen LogP) is 2.74. The number of ether oxygens (including phenoxy) is 2. The Labute approximate surface area is 174 Å². The monoisotopic (exact) mass is 431 g/mol. The van der Waals surface area contributed by atoms with E-state index in [1.807, 2.05) is 6.92 Å². The highest BCUT2D eigenvalue weighted by Crippen LogP contribution is 2.22. The molecule has 9 nitrogen and oxygen atoms in total. The molecule has 10 heteroatoms. The Balaban J connectivity index is 1.76. The molecule has 0 saturated carbocycles. The van der Waals surface area contributed by atoms with Crippen LogP contribution in [0.4, 0.5) is 0 Å². The second-order valence-electron chi connectivity index (χ2n) is 6.25. The van der Waals surface area contributed by atoms with E-state index in [-0.39, 0.29) is 22.9 Å². The molecular weight excluding hydrogens is 410 g/mol. The van der Waals surface area contributed by atoms with Gasteiger partial charge in [-0.2, -0.15) is 9.29 Å². The lowest BCUT2D eigenvalue weighted by molar-refractivity contribution is 0.0600. The molecule has 0 unspecified atom stereocenters. The fraction of sp³-hybridized carbons (Fsp3) is 0.250. The first-order valence-electron chi connectivity index (χ1n) is 9.05. The van der Waals surface area contributed by atoms with Gasteiger partial charge in [-0.05, 0) is 49.4 Å². The SMILES string of the molecule is CCOc1ccc(-c2noc(CN(C)S(=O)(=O)c3cccc(C(=O)OC)c3)n2)cc1. The molecule has 0 atom stereocenters. The molecule has 0 aliphatic rings. The lowest BCUT2D eigenvalue weighted by Gasteiger charge is -2.15. The average molecular weight is 431 g/mol. The first-order chi connectivity index (χ1) is 14.3. The van der Waals surface area contributed by atoms with E-state index in [9.17, 15) is 13.2 Å². The van der Waals surface area contributed by atoms with Crippen LogP contribution in [0.25, 0.3) is 11.4 Å². The Kier molecular flexibility index (Phi) is 6.48. The number of nitrogens with zero attached hydrogens (tertiary/aromatic N) is 3. The normalized spacial score (nSPS) is 11.5. The van der Waals surface area contributed by atoms with E-state index in [0.29, 0.717) is 18.0 Å². The van der Waals surface area contributed by atoms with Gasteiger partial charge in [-0.25, -0.2) is 13.2 Å². The second kappa shape index (κ2) is 9.06. The van der Waals surface area contributed by atoms with Gasteiger partial charge in [0.2, 0.25) is 21.7 Å². The van der Waals surface area contributed by atoms with Gasteiger partial charge >= 0.3 is 5.97 Å². The molecule has 0 fully saturated rings. The quantitative estimate of drug-likeness (QED) is 0.501.